The topological polar surface area (TPSA) is 43.7 Å². The molecule has 0 aromatic rings. The van der Waals surface area contributed by atoms with Crippen LogP contribution in [0.3, 0.4) is 0 Å². The van der Waals surface area contributed by atoms with Gasteiger partial charge in [-0.25, -0.2) is 0 Å². The Hall–Kier alpha value is -0.120. The van der Waals surface area contributed by atoms with E-state index in [1.807, 2.05) is 7.05 Å². The highest BCUT2D eigenvalue weighted by atomic mass is 16.3. The Morgan fingerprint density at radius 2 is 1.91 bits per heavy atom. The Labute approximate surface area is 66.6 Å². The van der Waals surface area contributed by atoms with Crippen molar-refractivity contribution in [2.75, 3.05) is 7.05 Å². The lowest BCUT2D eigenvalue weighted by atomic mass is 10.0. The minimum Gasteiger partial charge on any atom is -0.393 e. The molecule has 2 heterocycles. The van der Waals surface area contributed by atoms with E-state index in [0.29, 0.717) is 6.04 Å². The van der Waals surface area contributed by atoms with E-state index < -0.39 is 0 Å². The molecule has 2 saturated heterocycles. The van der Waals surface area contributed by atoms with Crippen molar-refractivity contribution in [1.29, 1.82) is 0 Å². The molecule has 2 bridgehead atoms. The molecule has 64 valence electrons. The van der Waals surface area contributed by atoms with E-state index in [1.165, 1.54) is 0 Å². The first-order valence-corrected chi connectivity index (χ1v) is 4.26. The summed E-state index contributed by atoms with van der Waals surface area (Å²) in [6, 6.07) is 0.627. The minimum atomic E-state index is -0.206. The van der Waals surface area contributed by atoms with E-state index in [1.54, 1.807) is 0 Å². The van der Waals surface area contributed by atoms with Crippen molar-refractivity contribution in [1.82, 2.24) is 4.90 Å². The molecule has 0 unspecified atom stereocenters. The van der Waals surface area contributed by atoms with Crippen LogP contribution in [0.1, 0.15) is 19.3 Å². The Morgan fingerprint density at radius 3 is 2.55 bits per heavy atom. The predicted molar refractivity (Wildman–Crippen MR) is 41.2 cm³/mol. The van der Waals surface area contributed by atoms with Crippen LogP contribution in [-0.4, -0.2) is 46.5 Å². The van der Waals surface area contributed by atoms with Crippen molar-refractivity contribution in [3.05, 3.63) is 0 Å². The Morgan fingerprint density at radius 1 is 1.18 bits per heavy atom. The third-order valence-corrected chi connectivity index (χ3v) is 3.11. The monoisotopic (exact) mass is 157 g/mol. The SMILES string of the molecule is CN1[C@H]2C[C@H](O)C[C@H]1[C@@H](O)C2. The molecule has 0 aromatic carbocycles. The van der Waals surface area contributed by atoms with Gasteiger partial charge < -0.3 is 10.2 Å². The lowest BCUT2D eigenvalue weighted by Crippen LogP contribution is -2.44. The number of fused-ring (bicyclic) bond motifs is 2. The number of aliphatic hydroxyl groups excluding tert-OH is 2. The average Bonchev–Trinajstić information content (AvgIpc) is 2.17. The Balaban J connectivity index is 2.14. The molecule has 2 aliphatic heterocycles. The first-order chi connectivity index (χ1) is 5.18. The van der Waals surface area contributed by atoms with Gasteiger partial charge in [0.15, 0.2) is 0 Å². The standard InChI is InChI=1S/C8H15NO2/c1-9-5-2-6(10)4-7(9)8(11)3-5/h5-8,10-11H,2-4H2,1H3/t5-,6-,7-,8-/m0/s1. The summed E-state index contributed by atoms with van der Waals surface area (Å²) >= 11 is 0. The number of likely N-dealkylation sites (N-methyl/N-ethyl adjacent to an activating group) is 1. The molecule has 3 heteroatoms. The van der Waals surface area contributed by atoms with Gasteiger partial charge in [-0.2, -0.15) is 0 Å². The predicted octanol–water partition coefficient (Wildman–Crippen LogP) is -0.425. The van der Waals surface area contributed by atoms with Gasteiger partial charge in [0.1, 0.15) is 0 Å². The normalized spacial score (nSPS) is 51.5. The zero-order chi connectivity index (χ0) is 8.01. The second kappa shape index (κ2) is 2.44. The van der Waals surface area contributed by atoms with Crippen LogP contribution < -0.4 is 0 Å². The van der Waals surface area contributed by atoms with E-state index in [9.17, 15) is 10.2 Å². The molecule has 0 aromatic heterocycles. The second-order valence-corrected chi connectivity index (χ2v) is 3.81. The van der Waals surface area contributed by atoms with Crippen molar-refractivity contribution in [3.8, 4) is 0 Å². The van der Waals surface area contributed by atoms with Crippen LogP contribution in [0.4, 0.5) is 0 Å². The molecule has 0 aliphatic carbocycles. The van der Waals surface area contributed by atoms with Crippen LogP contribution in [0, 0.1) is 0 Å². The van der Waals surface area contributed by atoms with Gasteiger partial charge in [0.2, 0.25) is 0 Å². The van der Waals surface area contributed by atoms with Gasteiger partial charge in [-0.3, -0.25) is 4.90 Å². The van der Waals surface area contributed by atoms with Gasteiger partial charge in [0, 0.05) is 12.1 Å². The molecule has 4 atom stereocenters. The fourth-order valence-corrected chi connectivity index (χ4v) is 2.42. The number of rotatable bonds is 0. The number of nitrogens with zero attached hydrogens (tertiary/aromatic N) is 1. The zero-order valence-corrected chi connectivity index (χ0v) is 6.77. The lowest BCUT2D eigenvalue weighted by Gasteiger charge is -2.34. The van der Waals surface area contributed by atoms with E-state index >= 15 is 0 Å². The quantitative estimate of drug-likeness (QED) is 0.501. The van der Waals surface area contributed by atoms with Crippen LogP contribution in [0.2, 0.25) is 0 Å². The van der Waals surface area contributed by atoms with Gasteiger partial charge in [-0.1, -0.05) is 0 Å². The van der Waals surface area contributed by atoms with Gasteiger partial charge in [0.05, 0.1) is 12.2 Å². The molecule has 2 aliphatic rings. The van der Waals surface area contributed by atoms with E-state index in [4.69, 9.17) is 0 Å². The molecule has 3 nitrogen and oxygen atoms in total. The lowest BCUT2D eigenvalue weighted by molar-refractivity contribution is 0.0282. The van der Waals surface area contributed by atoms with Gasteiger partial charge in [-0.05, 0) is 26.3 Å². The summed E-state index contributed by atoms with van der Waals surface area (Å²) in [4.78, 5) is 2.21. The van der Waals surface area contributed by atoms with Crippen molar-refractivity contribution in [3.63, 3.8) is 0 Å². The van der Waals surface area contributed by atoms with E-state index in [2.05, 4.69) is 4.90 Å². The maximum atomic E-state index is 9.53. The summed E-state index contributed by atoms with van der Waals surface area (Å²) < 4.78 is 0. The highest BCUT2D eigenvalue weighted by Gasteiger charge is 2.43. The Bertz CT molecular complexity index is 160. The van der Waals surface area contributed by atoms with Crippen molar-refractivity contribution < 1.29 is 10.2 Å². The van der Waals surface area contributed by atoms with E-state index in [0.717, 1.165) is 19.3 Å². The summed E-state index contributed by atoms with van der Waals surface area (Å²) in [6.45, 7) is 0. The smallest absolute Gasteiger partial charge is 0.0711 e. The van der Waals surface area contributed by atoms with Crippen molar-refractivity contribution in [2.24, 2.45) is 0 Å². The molecule has 11 heavy (non-hydrogen) atoms. The minimum absolute atomic E-state index is 0.182. The number of hydrogen-bond acceptors (Lipinski definition) is 3. The van der Waals surface area contributed by atoms with Gasteiger partial charge in [-0.15, -0.1) is 0 Å². The number of aliphatic hydroxyl groups is 2. The first kappa shape index (κ1) is 7.53. The molecule has 0 amide bonds. The van der Waals surface area contributed by atoms with Crippen molar-refractivity contribution in [2.45, 2.75) is 43.6 Å². The third-order valence-electron chi connectivity index (χ3n) is 3.11. The fourth-order valence-electron chi connectivity index (χ4n) is 2.42. The summed E-state index contributed by atoms with van der Waals surface area (Å²) in [5.41, 5.74) is 0. The summed E-state index contributed by atoms with van der Waals surface area (Å²) in [5.74, 6) is 0. The molecule has 2 fully saturated rings. The molecule has 0 saturated carbocycles. The largest absolute Gasteiger partial charge is 0.393 e. The zero-order valence-electron chi connectivity index (χ0n) is 6.77. The van der Waals surface area contributed by atoms with Gasteiger partial charge >= 0.3 is 0 Å². The second-order valence-electron chi connectivity index (χ2n) is 3.81. The first-order valence-electron chi connectivity index (χ1n) is 4.26. The highest BCUT2D eigenvalue weighted by molar-refractivity contribution is 4.98. The average molecular weight is 157 g/mol. The Kier molecular flexibility index (Phi) is 1.67. The summed E-state index contributed by atoms with van der Waals surface area (Å²) in [7, 11) is 2.04. The third kappa shape index (κ3) is 1.08. The molecular weight excluding hydrogens is 142 g/mol. The van der Waals surface area contributed by atoms with Crippen LogP contribution in [0.25, 0.3) is 0 Å². The molecule has 2 rings (SSSR count). The van der Waals surface area contributed by atoms with Crippen molar-refractivity contribution >= 4 is 0 Å². The maximum Gasteiger partial charge on any atom is 0.0711 e. The van der Waals surface area contributed by atoms with E-state index in [-0.39, 0.29) is 18.2 Å². The maximum absolute atomic E-state index is 9.53. The molecular formula is C8H15NO2. The molecule has 2 N–H and O–H groups in total. The number of hydrogen-bond donors (Lipinski definition) is 2. The van der Waals surface area contributed by atoms with Crippen LogP contribution in [-0.2, 0) is 0 Å². The summed E-state index contributed by atoms with van der Waals surface area (Å²) in [6.07, 6.45) is 2.04. The summed E-state index contributed by atoms with van der Waals surface area (Å²) in [5, 5.41) is 18.9. The van der Waals surface area contributed by atoms with Crippen LogP contribution in [0.5, 0.6) is 0 Å². The fraction of sp³-hybridized carbons (Fsp3) is 1.00. The van der Waals surface area contributed by atoms with Crippen LogP contribution in [0.15, 0.2) is 0 Å². The number of piperidine rings is 1. The molecule has 0 radical (unpaired) electrons. The van der Waals surface area contributed by atoms with Crippen LogP contribution >= 0.6 is 0 Å². The highest BCUT2D eigenvalue weighted by Crippen LogP contribution is 2.34. The van der Waals surface area contributed by atoms with Gasteiger partial charge in [0.25, 0.3) is 0 Å². The molecule has 0 spiro atoms.